The first-order chi connectivity index (χ1) is 7.79. The van der Waals surface area contributed by atoms with Crippen molar-refractivity contribution >= 4 is 17.2 Å². The average Bonchev–Trinajstić information content (AvgIpc) is 2.73. The van der Waals surface area contributed by atoms with Crippen molar-refractivity contribution in [3.8, 4) is 0 Å². The second-order valence-corrected chi connectivity index (χ2v) is 5.05. The summed E-state index contributed by atoms with van der Waals surface area (Å²) < 4.78 is 0. The van der Waals surface area contributed by atoms with Gasteiger partial charge in [0.25, 0.3) is 0 Å². The van der Waals surface area contributed by atoms with Gasteiger partial charge in [0.15, 0.2) is 0 Å². The second kappa shape index (κ2) is 5.41. The Bertz CT molecular complexity index is 335. The summed E-state index contributed by atoms with van der Waals surface area (Å²) >= 11 is 1.60. The number of hydrogen-bond donors (Lipinski definition) is 2. The zero-order valence-electron chi connectivity index (χ0n) is 9.40. The minimum Gasteiger partial charge on any atom is -0.347 e. The van der Waals surface area contributed by atoms with E-state index in [4.69, 9.17) is 0 Å². The molecule has 1 atom stereocenters. The second-order valence-electron chi connectivity index (χ2n) is 4.13. The molecule has 1 saturated heterocycles. The lowest BCUT2D eigenvalue weighted by Gasteiger charge is -2.27. The molecule has 0 bridgehead atoms. The Morgan fingerprint density at radius 3 is 3.06 bits per heavy atom. The molecule has 0 spiro atoms. The molecule has 1 aromatic heterocycles. The topological polar surface area (TPSA) is 54.0 Å². The lowest BCUT2D eigenvalue weighted by Crippen LogP contribution is -2.44. The van der Waals surface area contributed by atoms with Crippen molar-refractivity contribution < 1.29 is 4.79 Å². The molecule has 0 radical (unpaired) electrons. The number of aromatic nitrogens is 1. The Labute approximate surface area is 99.5 Å². The van der Waals surface area contributed by atoms with E-state index in [2.05, 4.69) is 22.5 Å². The first-order valence-corrected chi connectivity index (χ1v) is 6.57. The summed E-state index contributed by atoms with van der Waals surface area (Å²) in [6, 6.07) is 0.0838. The zero-order valence-corrected chi connectivity index (χ0v) is 10.2. The van der Waals surface area contributed by atoms with Crippen molar-refractivity contribution in [3.63, 3.8) is 0 Å². The molecule has 1 aliphatic heterocycles. The molecular weight excluding hydrogens is 222 g/mol. The minimum absolute atomic E-state index is 0.0838. The van der Waals surface area contributed by atoms with E-state index in [0.29, 0.717) is 12.3 Å². The highest BCUT2D eigenvalue weighted by atomic mass is 32.1. The fourth-order valence-corrected chi connectivity index (χ4v) is 2.53. The van der Waals surface area contributed by atoms with Crippen LogP contribution in [-0.4, -0.2) is 24.0 Å². The molecule has 4 nitrogen and oxygen atoms in total. The van der Waals surface area contributed by atoms with Crippen molar-refractivity contribution in [2.24, 2.45) is 5.92 Å². The van der Waals surface area contributed by atoms with Gasteiger partial charge in [-0.3, -0.25) is 4.79 Å². The van der Waals surface area contributed by atoms with Crippen molar-refractivity contribution in [1.82, 2.24) is 15.6 Å². The standard InChI is InChI=1S/C11H17N3OS/c1-2-9(11-13-3-4-16-11)14-10(15)5-8-6-12-7-8/h3-4,8-9,12H,2,5-7H2,1H3,(H,14,15). The normalized spacial score (nSPS) is 17.8. The van der Waals surface area contributed by atoms with Crippen LogP contribution in [0.1, 0.15) is 30.8 Å². The van der Waals surface area contributed by atoms with Crippen LogP contribution < -0.4 is 10.6 Å². The summed E-state index contributed by atoms with van der Waals surface area (Å²) in [5.74, 6) is 0.669. The van der Waals surface area contributed by atoms with Crippen LogP contribution in [-0.2, 0) is 4.79 Å². The van der Waals surface area contributed by atoms with E-state index in [1.807, 2.05) is 5.38 Å². The summed E-state index contributed by atoms with van der Waals surface area (Å²) in [6.45, 7) is 4.01. The van der Waals surface area contributed by atoms with Gasteiger partial charge in [-0.05, 0) is 25.4 Å². The molecule has 1 amide bonds. The molecule has 1 aromatic rings. The fourth-order valence-electron chi connectivity index (χ4n) is 1.75. The van der Waals surface area contributed by atoms with E-state index in [9.17, 15) is 4.79 Å². The van der Waals surface area contributed by atoms with Crippen LogP contribution in [0.5, 0.6) is 0 Å². The van der Waals surface area contributed by atoms with E-state index in [-0.39, 0.29) is 11.9 Å². The third kappa shape index (κ3) is 2.80. The van der Waals surface area contributed by atoms with Gasteiger partial charge in [0.05, 0.1) is 6.04 Å². The van der Waals surface area contributed by atoms with Crippen LogP contribution in [0.25, 0.3) is 0 Å². The Balaban J connectivity index is 1.83. The van der Waals surface area contributed by atoms with Crippen molar-refractivity contribution in [3.05, 3.63) is 16.6 Å². The van der Waals surface area contributed by atoms with Gasteiger partial charge < -0.3 is 10.6 Å². The van der Waals surface area contributed by atoms with Gasteiger partial charge in [-0.25, -0.2) is 4.98 Å². The van der Waals surface area contributed by atoms with Gasteiger partial charge in [-0.1, -0.05) is 6.92 Å². The van der Waals surface area contributed by atoms with Crippen LogP contribution in [0.4, 0.5) is 0 Å². The molecule has 16 heavy (non-hydrogen) atoms. The largest absolute Gasteiger partial charge is 0.347 e. The van der Waals surface area contributed by atoms with Gasteiger partial charge in [0.2, 0.25) is 5.91 Å². The van der Waals surface area contributed by atoms with Gasteiger partial charge in [-0.15, -0.1) is 11.3 Å². The molecule has 2 rings (SSSR count). The highest BCUT2D eigenvalue weighted by Crippen LogP contribution is 2.19. The van der Waals surface area contributed by atoms with Crippen LogP contribution in [0.3, 0.4) is 0 Å². The number of amides is 1. The third-order valence-corrected chi connectivity index (χ3v) is 3.72. The molecule has 1 unspecified atom stereocenters. The Morgan fingerprint density at radius 1 is 1.75 bits per heavy atom. The highest BCUT2D eigenvalue weighted by Gasteiger charge is 2.22. The predicted octanol–water partition coefficient (Wildman–Crippen LogP) is 1.32. The number of hydrogen-bond acceptors (Lipinski definition) is 4. The first-order valence-electron chi connectivity index (χ1n) is 5.69. The van der Waals surface area contributed by atoms with Crippen LogP contribution in [0, 0.1) is 5.92 Å². The van der Waals surface area contributed by atoms with Gasteiger partial charge >= 0.3 is 0 Å². The monoisotopic (exact) mass is 239 g/mol. The van der Waals surface area contributed by atoms with E-state index in [1.54, 1.807) is 17.5 Å². The average molecular weight is 239 g/mol. The number of rotatable bonds is 5. The number of nitrogens with zero attached hydrogens (tertiary/aromatic N) is 1. The summed E-state index contributed by atoms with van der Waals surface area (Å²) in [7, 11) is 0. The predicted molar refractivity (Wildman–Crippen MR) is 64.3 cm³/mol. The van der Waals surface area contributed by atoms with Gasteiger partial charge in [-0.2, -0.15) is 0 Å². The van der Waals surface area contributed by atoms with Gasteiger partial charge in [0.1, 0.15) is 5.01 Å². The highest BCUT2D eigenvalue weighted by molar-refractivity contribution is 7.09. The molecular formula is C11H17N3OS. The number of carbonyl (C=O) groups is 1. The van der Waals surface area contributed by atoms with Gasteiger partial charge in [0, 0.05) is 18.0 Å². The molecule has 5 heteroatoms. The maximum atomic E-state index is 11.7. The van der Waals surface area contributed by atoms with E-state index in [1.165, 1.54) is 0 Å². The number of carbonyl (C=O) groups excluding carboxylic acids is 1. The fraction of sp³-hybridized carbons (Fsp3) is 0.636. The molecule has 0 aromatic carbocycles. The summed E-state index contributed by atoms with van der Waals surface area (Å²) in [4.78, 5) is 16.0. The number of nitrogens with one attached hydrogen (secondary N) is 2. The SMILES string of the molecule is CCC(NC(=O)CC1CNC1)c1nccs1. The summed E-state index contributed by atoms with van der Waals surface area (Å²) in [6.07, 6.45) is 3.31. The number of thiazole rings is 1. The van der Waals surface area contributed by atoms with E-state index >= 15 is 0 Å². The quantitative estimate of drug-likeness (QED) is 0.815. The van der Waals surface area contributed by atoms with Crippen LogP contribution in [0.15, 0.2) is 11.6 Å². The van der Waals surface area contributed by atoms with Crippen molar-refractivity contribution in [2.75, 3.05) is 13.1 Å². The molecule has 0 saturated carbocycles. The van der Waals surface area contributed by atoms with Crippen LogP contribution in [0.2, 0.25) is 0 Å². The molecule has 1 aliphatic rings. The van der Waals surface area contributed by atoms with Crippen LogP contribution >= 0.6 is 11.3 Å². The smallest absolute Gasteiger partial charge is 0.220 e. The van der Waals surface area contributed by atoms with Crippen molar-refractivity contribution in [1.29, 1.82) is 0 Å². The molecule has 2 heterocycles. The molecule has 2 N–H and O–H groups in total. The summed E-state index contributed by atoms with van der Waals surface area (Å²) in [5.41, 5.74) is 0. The molecule has 88 valence electrons. The Morgan fingerprint density at radius 2 is 2.56 bits per heavy atom. The van der Waals surface area contributed by atoms with E-state index in [0.717, 1.165) is 24.5 Å². The zero-order chi connectivity index (χ0) is 11.4. The molecule has 1 fully saturated rings. The van der Waals surface area contributed by atoms with E-state index < -0.39 is 0 Å². The first kappa shape index (κ1) is 11.5. The molecule has 0 aliphatic carbocycles. The Hall–Kier alpha value is -0.940. The maximum absolute atomic E-state index is 11.7. The van der Waals surface area contributed by atoms with Crippen molar-refractivity contribution in [2.45, 2.75) is 25.8 Å². The lowest BCUT2D eigenvalue weighted by atomic mass is 9.99. The lowest BCUT2D eigenvalue weighted by molar-refractivity contribution is -0.123. The summed E-state index contributed by atoms with van der Waals surface area (Å²) in [5, 5.41) is 9.17. The minimum atomic E-state index is 0.0838. The maximum Gasteiger partial charge on any atom is 0.220 e. The Kier molecular flexibility index (Phi) is 3.90. The third-order valence-electron chi connectivity index (χ3n) is 2.83.